The highest BCUT2D eigenvalue weighted by molar-refractivity contribution is 9.10. The fourth-order valence-corrected chi connectivity index (χ4v) is 3.17. The number of para-hydroxylation sites is 1. The number of nitrogens with one attached hydrogen (secondary N) is 1. The topological polar surface area (TPSA) is 58.6 Å². The van der Waals surface area contributed by atoms with Gasteiger partial charge in [-0.3, -0.25) is 4.79 Å². The molecule has 0 aliphatic carbocycles. The zero-order chi connectivity index (χ0) is 18.7. The Balaban J connectivity index is 1.79. The third-order valence-corrected chi connectivity index (χ3v) is 4.56. The van der Waals surface area contributed by atoms with Crippen LogP contribution in [0.3, 0.4) is 0 Å². The Kier molecular flexibility index (Phi) is 5.71. The first-order chi connectivity index (χ1) is 12.4. The standard InChI is InChI=1S/C19H12BrCl2NO3/c20-15-10-12(6-7-17(15)26-13-4-2-1-3-5-13)23-19(25)14-8-11(21)9-16(22)18(14)24/h1-10,24H,(H,23,25). The summed E-state index contributed by atoms with van der Waals surface area (Å²) in [6.07, 6.45) is 0. The third-order valence-electron chi connectivity index (χ3n) is 3.43. The number of halogens is 3. The molecular weight excluding hydrogens is 441 g/mol. The highest BCUT2D eigenvalue weighted by Gasteiger charge is 2.16. The van der Waals surface area contributed by atoms with Crippen molar-refractivity contribution in [3.8, 4) is 17.2 Å². The van der Waals surface area contributed by atoms with Crippen molar-refractivity contribution in [1.82, 2.24) is 0 Å². The number of amides is 1. The van der Waals surface area contributed by atoms with Gasteiger partial charge in [-0.1, -0.05) is 41.4 Å². The number of hydrogen-bond donors (Lipinski definition) is 2. The molecule has 0 spiro atoms. The summed E-state index contributed by atoms with van der Waals surface area (Å²) in [5.74, 6) is 0.443. The highest BCUT2D eigenvalue weighted by atomic mass is 79.9. The van der Waals surface area contributed by atoms with E-state index in [0.29, 0.717) is 21.7 Å². The minimum atomic E-state index is -0.532. The van der Waals surface area contributed by atoms with Crippen LogP contribution in [0.15, 0.2) is 65.1 Å². The number of phenolic OH excluding ortho intramolecular Hbond substituents is 1. The van der Waals surface area contributed by atoms with Crippen LogP contribution in [-0.4, -0.2) is 11.0 Å². The lowest BCUT2D eigenvalue weighted by atomic mass is 10.2. The molecule has 0 aliphatic rings. The number of aromatic hydroxyl groups is 1. The van der Waals surface area contributed by atoms with Crippen molar-refractivity contribution in [3.63, 3.8) is 0 Å². The van der Waals surface area contributed by atoms with Crippen molar-refractivity contribution in [2.75, 3.05) is 5.32 Å². The van der Waals surface area contributed by atoms with E-state index in [1.807, 2.05) is 30.3 Å². The molecule has 0 radical (unpaired) electrons. The van der Waals surface area contributed by atoms with E-state index in [0.717, 1.165) is 0 Å². The summed E-state index contributed by atoms with van der Waals surface area (Å²) in [5, 5.41) is 12.9. The van der Waals surface area contributed by atoms with Crippen molar-refractivity contribution in [2.24, 2.45) is 0 Å². The van der Waals surface area contributed by atoms with Crippen molar-refractivity contribution in [3.05, 3.63) is 80.7 Å². The number of rotatable bonds is 4. The second-order valence-electron chi connectivity index (χ2n) is 5.30. The predicted octanol–water partition coefficient (Wildman–Crippen LogP) is 6.51. The Morgan fingerprint density at radius 1 is 1.04 bits per heavy atom. The van der Waals surface area contributed by atoms with E-state index in [1.165, 1.54) is 12.1 Å². The molecule has 3 aromatic rings. The van der Waals surface area contributed by atoms with E-state index in [1.54, 1.807) is 18.2 Å². The van der Waals surface area contributed by atoms with Crippen LogP contribution in [-0.2, 0) is 0 Å². The van der Waals surface area contributed by atoms with Crippen LogP contribution in [0.5, 0.6) is 17.2 Å². The van der Waals surface area contributed by atoms with Gasteiger partial charge in [-0.15, -0.1) is 0 Å². The molecule has 7 heteroatoms. The summed E-state index contributed by atoms with van der Waals surface area (Å²) >= 11 is 15.2. The summed E-state index contributed by atoms with van der Waals surface area (Å²) in [5.41, 5.74) is 0.501. The summed E-state index contributed by atoms with van der Waals surface area (Å²) in [6, 6.07) is 17.1. The molecule has 26 heavy (non-hydrogen) atoms. The Labute approximate surface area is 168 Å². The van der Waals surface area contributed by atoms with E-state index >= 15 is 0 Å². The molecule has 132 valence electrons. The van der Waals surface area contributed by atoms with Gasteiger partial charge in [0.25, 0.3) is 5.91 Å². The van der Waals surface area contributed by atoms with E-state index in [2.05, 4.69) is 21.2 Å². The summed E-state index contributed by atoms with van der Waals surface area (Å²) < 4.78 is 6.43. The maximum absolute atomic E-state index is 12.4. The smallest absolute Gasteiger partial charge is 0.259 e. The van der Waals surface area contributed by atoms with Crippen molar-refractivity contribution in [2.45, 2.75) is 0 Å². The van der Waals surface area contributed by atoms with Crippen LogP contribution in [0.1, 0.15) is 10.4 Å². The first kappa shape index (κ1) is 18.6. The monoisotopic (exact) mass is 451 g/mol. The van der Waals surface area contributed by atoms with Gasteiger partial charge in [-0.25, -0.2) is 0 Å². The van der Waals surface area contributed by atoms with Gasteiger partial charge in [0.2, 0.25) is 0 Å². The lowest BCUT2D eigenvalue weighted by Crippen LogP contribution is -2.12. The average Bonchev–Trinajstić information content (AvgIpc) is 2.61. The number of carbonyl (C=O) groups excluding carboxylic acids is 1. The Morgan fingerprint density at radius 3 is 2.46 bits per heavy atom. The second-order valence-corrected chi connectivity index (χ2v) is 7.00. The first-order valence-electron chi connectivity index (χ1n) is 7.46. The van der Waals surface area contributed by atoms with E-state index < -0.39 is 5.91 Å². The van der Waals surface area contributed by atoms with Crippen LogP contribution < -0.4 is 10.1 Å². The highest BCUT2D eigenvalue weighted by Crippen LogP contribution is 2.34. The SMILES string of the molecule is O=C(Nc1ccc(Oc2ccccc2)c(Br)c1)c1cc(Cl)cc(Cl)c1O. The molecule has 0 saturated heterocycles. The minimum Gasteiger partial charge on any atom is -0.506 e. The molecule has 0 fully saturated rings. The molecule has 1 amide bonds. The minimum absolute atomic E-state index is 0.00967. The Bertz CT molecular complexity index is 964. The van der Waals surface area contributed by atoms with E-state index in [9.17, 15) is 9.90 Å². The number of anilines is 1. The molecule has 0 aliphatic heterocycles. The van der Waals surface area contributed by atoms with Crippen LogP contribution in [0.2, 0.25) is 10.0 Å². The van der Waals surface area contributed by atoms with Crippen LogP contribution >= 0.6 is 39.1 Å². The molecule has 0 heterocycles. The first-order valence-corrected chi connectivity index (χ1v) is 9.01. The van der Waals surface area contributed by atoms with Crippen molar-refractivity contribution in [1.29, 1.82) is 0 Å². The van der Waals surface area contributed by atoms with Gasteiger partial charge in [0.1, 0.15) is 17.2 Å². The Hall–Kier alpha value is -2.21. The maximum atomic E-state index is 12.4. The van der Waals surface area contributed by atoms with E-state index in [-0.39, 0.29) is 21.4 Å². The summed E-state index contributed by atoms with van der Waals surface area (Å²) in [7, 11) is 0. The maximum Gasteiger partial charge on any atom is 0.259 e. The van der Waals surface area contributed by atoms with Crippen LogP contribution in [0.4, 0.5) is 5.69 Å². The number of benzene rings is 3. The number of ether oxygens (including phenoxy) is 1. The van der Waals surface area contributed by atoms with Crippen LogP contribution in [0, 0.1) is 0 Å². The fraction of sp³-hybridized carbons (Fsp3) is 0. The fourth-order valence-electron chi connectivity index (χ4n) is 2.21. The molecule has 3 rings (SSSR count). The number of carbonyl (C=O) groups is 1. The molecule has 0 bridgehead atoms. The van der Waals surface area contributed by atoms with Gasteiger partial charge in [0.05, 0.1) is 15.1 Å². The van der Waals surface area contributed by atoms with Gasteiger partial charge in [0, 0.05) is 10.7 Å². The lowest BCUT2D eigenvalue weighted by Gasteiger charge is -2.11. The van der Waals surface area contributed by atoms with Gasteiger partial charge >= 0.3 is 0 Å². The molecule has 4 nitrogen and oxygen atoms in total. The molecule has 2 N–H and O–H groups in total. The Morgan fingerprint density at radius 2 is 1.77 bits per heavy atom. The van der Waals surface area contributed by atoms with E-state index in [4.69, 9.17) is 27.9 Å². The quantitative estimate of drug-likeness (QED) is 0.474. The third kappa shape index (κ3) is 4.30. The zero-order valence-electron chi connectivity index (χ0n) is 13.2. The molecule has 0 atom stereocenters. The summed E-state index contributed by atoms with van der Waals surface area (Å²) in [6.45, 7) is 0. The molecule has 0 aromatic heterocycles. The normalized spacial score (nSPS) is 10.4. The lowest BCUT2D eigenvalue weighted by molar-refractivity contribution is 0.102. The zero-order valence-corrected chi connectivity index (χ0v) is 16.3. The van der Waals surface area contributed by atoms with Gasteiger partial charge < -0.3 is 15.2 Å². The largest absolute Gasteiger partial charge is 0.506 e. The molecule has 3 aromatic carbocycles. The predicted molar refractivity (Wildman–Crippen MR) is 107 cm³/mol. The second kappa shape index (κ2) is 7.99. The van der Waals surface area contributed by atoms with Crippen LogP contribution in [0.25, 0.3) is 0 Å². The van der Waals surface area contributed by atoms with Gasteiger partial charge in [-0.2, -0.15) is 0 Å². The number of phenols is 1. The molecule has 0 saturated carbocycles. The molecular formula is C19H12BrCl2NO3. The summed E-state index contributed by atoms with van der Waals surface area (Å²) in [4.78, 5) is 12.4. The molecule has 0 unspecified atom stereocenters. The number of hydrogen-bond acceptors (Lipinski definition) is 3. The van der Waals surface area contributed by atoms with Crippen molar-refractivity contribution >= 4 is 50.7 Å². The van der Waals surface area contributed by atoms with Crippen molar-refractivity contribution < 1.29 is 14.6 Å². The van der Waals surface area contributed by atoms with Gasteiger partial charge in [-0.05, 0) is 58.4 Å². The van der Waals surface area contributed by atoms with Gasteiger partial charge in [0.15, 0.2) is 0 Å². The average molecular weight is 453 g/mol.